The van der Waals surface area contributed by atoms with Gasteiger partial charge in [-0.1, -0.05) is 24.3 Å². The monoisotopic (exact) mass is 232 g/mol. The minimum absolute atomic E-state index is 0.0765. The van der Waals surface area contributed by atoms with Crippen LogP contribution in [0.3, 0.4) is 0 Å². The molecule has 0 bridgehead atoms. The minimum Gasteiger partial charge on any atom is -0.332 e. The number of likely N-dealkylation sites (N-methyl/N-ethyl adjacent to an activating group) is 1. The molecule has 0 unspecified atom stereocenters. The van der Waals surface area contributed by atoms with E-state index in [1.165, 1.54) is 11.1 Å². The molecule has 0 aliphatic carbocycles. The van der Waals surface area contributed by atoms with E-state index in [4.69, 9.17) is 12.2 Å². The molecular formula is C12H12N2OS. The van der Waals surface area contributed by atoms with Crippen LogP contribution in [0.5, 0.6) is 0 Å². The number of thiocarbonyl (C=S) groups is 1. The summed E-state index contributed by atoms with van der Waals surface area (Å²) in [5, 5.41) is 0.657. The van der Waals surface area contributed by atoms with Crippen LogP contribution < -0.4 is 0 Å². The van der Waals surface area contributed by atoms with E-state index < -0.39 is 0 Å². The van der Waals surface area contributed by atoms with Gasteiger partial charge in [-0.05, 0) is 23.3 Å². The van der Waals surface area contributed by atoms with Crippen LogP contribution in [0.25, 0.3) is 0 Å². The van der Waals surface area contributed by atoms with Crippen LogP contribution >= 0.6 is 12.2 Å². The Hall–Kier alpha value is -1.42. The summed E-state index contributed by atoms with van der Waals surface area (Å²) in [7, 11) is 1.76. The third-order valence-electron chi connectivity index (χ3n) is 3.40. The highest BCUT2D eigenvalue weighted by Crippen LogP contribution is 2.29. The van der Waals surface area contributed by atoms with E-state index in [1.54, 1.807) is 11.9 Å². The topological polar surface area (TPSA) is 23.6 Å². The predicted octanol–water partition coefficient (Wildman–Crippen LogP) is 1.17. The van der Waals surface area contributed by atoms with Gasteiger partial charge in [0.05, 0.1) is 0 Å². The molecule has 0 saturated carbocycles. The maximum Gasteiger partial charge on any atom is 0.251 e. The first kappa shape index (κ1) is 9.78. The second-order valence-electron chi connectivity index (χ2n) is 4.30. The highest BCUT2D eigenvalue weighted by atomic mass is 32.1. The number of nitrogens with zero attached hydrogens (tertiary/aromatic N) is 2. The van der Waals surface area contributed by atoms with Gasteiger partial charge in [0.15, 0.2) is 5.11 Å². The van der Waals surface area contributed by atoms with Crippen molar-refractivity contribution in [2.75, 3.05) is 7.05 Å². The van der Waals surface area contributed by atoms with Crippen molar-refractivity contribution in [3.8, 4) is 0 Å². The van der Waals surface area contributed by atoms with Gasteiger partial charge in [-0.25, -0.2) is 0 Å². The van der Waals surface area contributed by atoms with Crippen molar-refractivity contribution in [1.29, 1.82) is 0 Å². The lowest BCUT2D eigenvalue weighted by molar-refractivity contribution is -0.127. The maximum absolute atomic E-state index is 12.0. The Bertz CT molecular complexity index is 443. The summed E-state index contributed by atoms with van der Waals surface area (Å²) < 4.78 is 0. The molecule has 0 N–H and O–H groups in total. The second-order valence-corrected chi connectivity index (χ2v) is 4.66. The molecule has 1 fully saturated rings. The largest absolute Gasteiger partial charge is 0.332 e. The Morgan fingerprint density at radius 1 is 1.31 bits per heavy atom. The number of hydrogen-bond donors (Lipinski definition) is 0. The fourth-order valence-electron chi connectivity index (χ4n) is 2.46. The molecule has 1 aromatic carbocycles. The fraction of sp³-hybridized carbons (Fsp3) is 0.333. The lowest BCUT2D eigenvalue weighted by atomic mass is 9.95. The summed E-state index contributed by atoms with van der Waals surface area (Å²) in [6.45, 7) is 0.760. The Labute approximate surface area is 99.6 Å². The smallest absolute Gasteiger partial charge is 0.251 e. The lowest BCUT2D eigenvalue weighted by Crippen LogP contribution is -2.39. The van der Waals surface area contributed by atoms with Crippen molar-refractivity contribution in [1.82, 2.24) is 9.80 Å². The van der Waals surface area contributed by atoms with Gasteiger partial charge in [-0.2, -0.15) is 0 Å². The summed E-state index contributed by atoms with van der Waals surface area (Å²) in [5.41, 5.74) is 2.56. The molecule has 82 valence electrons. The molecule has 0 radical (unpaired) electrons. The quantitative estimate of drug-likeness (QED) is 0.627. The normalized spacial score (nSPS) is 23.4. The molecule has 1 saturated heterocycles. The number of carbonyl (C=O) groups excluding carboxylic acids is 1. The molecule has 1 atom stereocenters. The molecule has 2 heterocycles. The molecule has 4 heteroatoms. The third-order valence-corrected chi connectivity index (χ3v) is 3.91. The molecule has 1 amide bonds. The minimum atomic E-state index is -0.0765. The molecular weight excluding hydrogens is 220 g/mol. The van der Waals surface area contributed by atoms with Gasteiger partial charge >= 0.3 is 0 Å². The van der Waals surface area contributed by atoms with Crippen molar-refractivity contribution < 1.29 is 4.79 Å². The first-order valence-corrected chi connectivity index (χ1v) is 5.74. The lowest BCUT2D eigenvalue weighted by Gasteiger charge is -2.30. The Morgan fingerprint density at radius 3 is 2.75 bits per heavy atom. The fourth-order valence-corrected chi connectivity index (χ4v) is 2.74. The van der Waals surface area contributed by atoms with Gasteiger partial charge in [0.2, 0.25) is 0 Å². The van der Waals surface area contributed by atoms with Crippen molar-refractivity contribution in [2.24, 2.45) is 0 Å². The summed E-state index contributed by atoms with van der Waals surface area (Å²) >= 11 is 5.28. The van der Waals surface area contributed by atoms with Crippen LogP contribution in [0.2, 0.25) is 0 Å². The van der Waals surface area contributed by atoms with Crippen LogP contribution in [0.4, 0.5) is 0 Å². The summed E-state index contributed by atoms with van der Waals surface area (Å²) in [4.78, 5) is 15.6. The van der Waals surface area contributed by atoms with Crippen LogP contribution in [0, 0.1) is 0 Å². The number of benzene rings is 1. The first-order valence-electron chi connectivity index (χ1n) is 5.33. The molecule has 1 aromatic rings. The van der Waals surface area contributed by atoms with E-state index in [0.717, 1.165) is 13.0 Å². The van der Waals surface area contributed by atoms with E-state index in [0.29, 0.717) is 5.11 Å². The summed E-state index contributed by atoms with van der Waals surface area (Å²) in [6, 6.07) is 8.19. The van der Waals surface area contributed by atoms with Crippen molar-refractivity contribution in [3.05, 3.63) is 35.4 Å². The molecule has 16 heavy (non-hydrogen) atoms. The van der Waals surface area contributed by atoms with Gasteiger partial charge < -0.3 is 4.90 Å². The van der Waals surface area contributed by atoms with E-state index in [1.807, 2.05) is 17.0 Å². The zero-order valence-corrected chi connectivity index (χ0v) is 9.83. The SMILES string of the molecule is CN1C(=O)[C@@H]2Cc3ccccc3CN2C1=S. The maximum atomic E-state index is 12.0. The van der Waals surface area contributed by atoms with Gasteiger partial charge in [0.25, 0.3) is 5.91 Å². The van der Waals surface area contributed by atoms with Crippen molar-refractivity contribution in [2.45, 2.75) is 19.0 Å². The van der Waals surface area contributed by atoms with Crippen molar-refractivity contribution in [3.63, 3.8) is 0 Å². The van der Waals surface area contributed by atoms with Crippen LogP contribution in [-0.4, -0.2) is 33.9 Å². The second kappa shape index (κ2) is 3.28. The van der Waals surface area contributed by atoms with Gasteiger partial charge in [0, 0.05) is 20.0 Å². The zero-order chi connectivity index (χ0) is 11.3. The van der Waals surface area contributed by atoms with Gasteiger partial charge in [-0.3, -0.25) is 9.69 Å². The highest BCUT2D eigenvalue weighted by Gasteiger charge is 2.42. The number of rotatable bonds is 0. The number of amides is 1. The standard InChI is InChI=1S/C12H12N2OS/c1-13-11(15)10-6-8-4-2-3-5-9(8)7-14(10)12(13)16/h2-5,10H,6-7H2,1H3/t10-/m0/s1. The molecule has 0 aromatic heterocycles. The van der Waals surface area contributed by atoms with Gasteiger partial charge in [-0.15, -0.1) is 0 Å². The molecule has 3 rings (SSSR count). The van der Waals surface area contributed by atoms with E-state index in [2.05, 4.69) is 12.1 Å². The number of carbonyl (C=O) groups is 1. The van der Waals surface area contributed by atoms with Crippen molar-refractivity contribution >= 4 is 23.2 Å². The highest BCUT2D eigenvalue weighted by molar-refractivity contribution is 7.80. The predicted molar refractivity (Wildman–Crippen MR) is 64.8 cm³/mol. The summed E-state index contributed by atoms with van der Waals surface area (Å²) in [6.07, 6.45) is 0.777. The number of hydrogen-bond acceptors (Lipinski definition) is 2. The van der Waals surface area contributed by atoms with Crippen LogP contribution in [-0.2, 0) is 17.8 Å². The zero-order valence-electron chi connectivity index (χ0n) is 9.01. The molecule has 2 aliphatic heterocycles. The molecule has 3 nitrogen and oxygen atoms in total. The average Bonchev–Trinajstić information content (AvgIpc) is 2.52. The van der Waals surface area contributed by atoms with E-state index in [9.17, 15) is 4.79 Å². The Balaban J connectivity index is 2.03. The first-order chi connectivity index (χ1) is 7.68. The van der Waals surface area contributed by atoms with Crippen LogP contribution in [0.15, 0.2) is 24.3 Å². The average molecular weight is 232 g/mol. The number of fused-ring (bicyclic) bond motifs is 2. The summed E-state index contributed by atoms with van der Waals surface area (Å²) in [5.74, 6) is 0.125. The van der Waals surface area contributed by atoms with Crippen LogP contribution in [0.1, 0.15) is 11.1 Å². The van der Waals surface area contributed by atoms with E-state index >= 15 is 0 Å². The third kappa shape index (κ3) is 1.19. The van der Waals surface area contributed by atoms with E-state index in [-0.39, 0.29) is 11.9 Å². The molecule has 2 aliphatic rings. The Morgan fingerprint density at radius 2 is 2.00 bits per heavy atom. The Kier molecular flexibility index (Phi) is 2.01. The van der Waals surface area contributed by atoms with Gasteiger partial charge in [0.1, 0.15) is 6.04 Å². The molecule has 0 spiro atoms.